The predicted molar refractivity (Wildman–Crippen MR) is 86.0 cm³/mol. The smallest absolute Gasteiger partial charge is 0.237 e. The third kappa shape index (κ3) is 2.37. The Morgan fingerprint density at radius 2 is 1.90 bits per heavy atom. The zero-order valence-corrected chi connectivity index (χ0v) is 13.9. The minimum absolute atomic E-state index is 0.0782. The van der Waals surface area contributed by atoms with E-state index in [0.29, 0.717) is 16.7 Å². The van der Waals surface area contributed by atoms with Crippen LogP contribution in [0.2, 0.25) is 0 Å². The van der Waals surface area contributed by atoms with Crippen molar-refractivity contribution in [3.05, 3.63) is 58.8 Å². The molecule has 108 valence electrons. The lowest BCUT2D eigenvalue weighted by molar-refractivity contribution is 0.587. The van der Waals surface area contributed by atoms with Crippen molar-refractivity contribution in [2.45, 2.75) is 10.8 Å². The van der Waals surface area contributed by atoms with Crippen LogP contribution in [0.4, 0.5) is 0 Å². The Morgan fingerprint density at radius 3 is 2.57 bits per heavy atom. The van der Waals surface area contributed by atoms with Gasteiger partial charge in [-0.2, -0.15) is 0 Å². The fourth-order valence-corrected chi connectivity index (χ4v) is 4.34. The molecule has 0 spiro atoms. The second kappa shape index (κ2) is 5.44. The molecule has 21 heavy (non-hydrogen) atoms. The van der Waals surface area contributed by atoms with E-state index in [1.54, 1.807) is 48.7 Å². The largest absolute Gasteiger partial charge is 0.269 e. The number of nitrogens with zero attached hydrogens (tertiary/aromatic N) is 2. The maximum atomic E-state index is 12.8. The molecule has 3 aromatic rings. The number of alkyl halides is 1. The van der Waals surface area contributed by atoms with Crippen molar-refractivity contribution < 1.29 is 8.42 Å². The summed E-state index contributed by atoms with van der Waals surface area (Å²) in [5.74, 6) is 0.0782. The van der Waals surface area contributed by atoms with Gasteiger partial charge in [-0.1, -0.05) is 18.2 Å². The molecule has 4 nitrogen and oxygen atoms in total. The molecule has 0 saturated heterocycles. The molecular formula is C14H10BrClN2O2S. The predicted octanol–water partition coefficient (Wildman–Crippen LogP) is 3.77. The van der Waals surface area contributed by atoms with E-state index in [9.17, 15) is 8.42 Å². The van der Waals surface area contributed by atoms with Crippen molar-refractivity contribution in [1.29, 1.82) is 0 Å². The van der Waals surface area contributed by atoms with Gasteiger partial charge in [0.25, 0.3) is 10.0 Å². The zero-order chi connectivity index (χ0) is 15.0. The monoisotopic (exact) mass is 384 g/mol. The summed E-state index contributed by atoms with van der Waals surface area (Å²) >= 11 is 9.33. The van der Waals surface area contributed by atoms with E-state index in [0.717, 1.165) is 4.47 Å². The Labute approximate surface area is 135 Å². The van der Waals surface area contributed by atoms with Crippen molar-refractivity contribution >= 4 is 48.6 Å². The third-order valence-corrected chi connectivity index (χ3v) is 5.82. The van der Waals surface area contributed by atoms with Gasteiger partial charge < -0.3 is 0 Å². The summed E-state index contributed by atoms with van der Waals surface area (Å²) in [7, 11) is -3.73. The number of fused-ring (bicyclic) bond motifs is 1. The van der Waals surface area contributed by atoms with Crippen LogP contribution in [-0.4, -0.2) is 17.4 Å². The third-order valence-electron chi connectivity index (χ3n) is 3.10. The van der Waals surface area contributed by atoms with Gasteiger partial charge in [-0.05, 0) is 40.2 Å². The normalized spacial score (nSPS) is 11.9. The summed E-state index contributed by atoms with van der Waals surface area (Å²) < 4.78 is 27.7. The van der Waals surface area contributed by atoms with E-state index in [1.165, 1.54) is 3.97 Å². The molecule has 0 unspecified atom stereocenters. The Kier molecular flexibility index (Phi) is 3.77. The number of pyridine rings is 1. The first kappa shape index (κ1) is 14.6. The van der Waals surface area contributed by atoms with Gasteiger partial charge in [0.05, 0.1) is 16.5 Å². The average molecular weight is 386 g/mol. The molecule has 2 aromatic heterocycles. The van der Waals surface area contributed by atoms with Gasteiger partial charge in [0, 0.05) is 16.1 Å². The fourth-order valence-electron chi connectivity index (χ4n) is 2.15. The Morgan fingerprint density at radius 1 is 1.19 bits per heavy atom. The van der Waals surface area contributed by atoms with Gasteiger partial charge in [-0.15, -0.1) is 11.6 Å². The molecule has 7 heteroatoms. The fraction of sp³-hybridized carbons (Fsp3) is 0.0714. The van der Waals surface area contributed by atoms with Gasteiger partial charge >= 0.3 is 0 Å². The van der Waals surface area contributed by atoms with E-state index in [1.807, 2.05) is 0 Å². The SMILES string of the molecule is O=S(=O)(c1ccccc1)n1c(CCl)cc2c(Br)ccnc21. The first-order valence-electron chi connectivity index (χ1n) is 6.07. The second-order valence-corrected chi connectivity index (χ2v) is 7.29. The van der Waals surface area contributed by atoms with Crippen LogP contribution < -0.4 is 0 Å². The van der Waals surface area contributed by atoms with Crippen LogP contribution in [-0.2, 0) is 15.9 Å². The maximum absolute atomic E-state index is 12.8. The summed E-state index contributed by atoms with van der Waals surface area (Å²) in [5, 5.41) is 0.715. The Balaban J connectivity index is 2.37. The molecule has 2 heterocycles. The van der Waals surface area contributed by atoms with Gasteiger partial charge in [-0.3, -0.25) is 0 Å². The highest BCUT2D eigenvalue weighted by atomic mass is 79.9. The van der Waals surface area contributed by atoms with Crippen LogP contribution in [0.5, 0.6) is 0 Å². The van der Waals surface area contributed by atoms with Crippen molar-refractivity contribution in [1.82, 2.24) is 8.96 Å². The molecule has 1 aromatic carbocycles. The first-order valence-corrected chi connectivity index (χ1v) is 8.84. The highest BCUT2D eigenvalue weighted by Gasteiger charge is 2.23. The van der Waals surface area contributed by atoms with E-state index in [-0.39, 0.29) is 10.8 Å². The summed E-state index contributed by atoms with van der Waals surface area (Å²) in [4.78, 5) is 4.40. The molecule has 0 aliphatic rings. The maximum Gasteiger partial charge on any atom is 0.269 e. The highest BCUT2D eigenvalue weighted by Crippen LogP contribution is 2.29. The zero-order valence-electron chi connectivity index (χ0n) is 10.7. The number of hydrogen-bond donors (Lipinski definition) is 0. The molecule has 0 bridgehead atoms. The molecule has 3 rings (SSSR count). The average Bonchev–Trinajstić information content (AvgIpc) is 2.89. The van der Waals surface area contributed by atoms with Crippen LogP contribution in [0.25, 0.3) is 11.0 Å². The number of benzene rings is 1. The standard InChI is InChI=1S/C14H10BrClN2O2S/c15-13-6-7-17-14-12(13)8-10(9-16)18(14)21(19,20)11-4-2-1-3-5-11/h1-8H,9H2. The minimum atomic E-state index is -3.73. The van der Waals surface area contributed by atoms with Crippen LogP contribution in [0.3, 0.4) is 0 Å². The lowest BCUT2D eigenvalue weighted by Gasteiger charge is -2.09. The van der Waals surface area contributed by atoms with Gasteiger partial charge in [0.1, 0.15) is 0 Å². The van der Waals surface area contributed by atoms with Crippen LogP contribution in [0, 0.1) is 0 Å². The molecule has 0 atom stereocenters. The van der Waals surface area contributed by atoms with E-state index in [4.69, 9.17) is 11.6 Å². The lowest BCUT2D eigenvalue weighted by Crippen LogP contribution is -2.15. The summed E-state index contributed by atoms with van der Waals surface area (Å²) in [5.41, 5.74) is 0.846. The van der Waals surface area contributed by atoms with E-state index >= 15 is 0 Å². The topological polar surface area (TPSA) is 52.0 Å². The Hall–Kier alpha value is -1.37. The summed E-state index contributed by atoms with van der Waals surface area (Å²) in [6, 6.07) is 11.7. The van der Waals surface area contributed by atoms with E-state index in [2.05, 4.69) is 20.9 Å². The van der Waals surface area contributed by atoms with Crippen molar-refractivity contribution in [2.75, 3.05) is 0 Å². The number of halogens is 2. The molecule has 0 amide bonds. The molecular weight excluding hydrogens is 376 g/mol. The van der Waals surface area contributed by atoms with Crippen LogP contribution in [0.1, 0.15) is 5.69 Å². The van der Waals surface area contributed by atoms with Crippen LogP contribution in [0.15, 0.2) is 58.0 Å². The number of aromatic nitrogens is 2. The number of hydrogen-bond acceptors (Lipinski definition) is 3. The summed E-state index contributed by atoms with van der Waals surface area (Å²) in [6.45, 7) is 0. The van der Waals surface area contributed by atoms with E-state index < -0.39 is 10.0 Å². The summed E-state index contributed by atoms with van der Waals surface area (Å²) in [6.07, 6.45) is 1.56. The molecule has 0 aliphatic heterocycles. The minimum Gasteiger partial charge on any atom is -0.237 e. The van der Waals surface area contributed by atoms with Crippen molar-refractivity contribution in [3.8, 4) is 0 Å². The van der Waals surface area contributed by atoms with Gasteiger partial charge in [0.15, 0.2) is 5.65 Å². The molecule has 0 aliphatic carbocycles. The van der Waals surface area contributed by atoms with Crippen molar-refractivity contribution in [2.24, 2.45) is 0 Å². The molecule has 0 saturated carbocycles. The van der Waals surface area contributed by atoms with Gasteiger partial charge in [0.2, 0.25) is 0 Å². The van der Waals surface area contributed by atoms with Crippen molar-refractivity contribution in [3.63, 3.8) is 0 Å². The number of rotatable bonds is 3. The molecule has 0 fully saturated rings. The quantitative estimate of drug-likeness (QED) is 0.645. The van der Waals surface area contributed by atoms with Crippen LogP contribution >= 0.6 is 27.5 Å². The Bertz CT molecular complexity index is 907. The first-order chi connectivity index (χ1) is 10.1. The highest BCUT2D eigenvalue weighted by molar-refractivity contribution is 9.10. The van der Waals surface area contributed by atoms with Gasteiger partial charge in [-0.25, -0.2) is 17.4 Å². The second-order valence-electron chi connectivity index (χ2n) is 4.38. The molecule has 0 radical (unpaired) electrons. The molecule has 0 N–H and O–H groups in total. The lowest BCUT2D eigenvalue weighted by atomic mass is 10.3.